The summed E-state index contributed by atoms with van der Waals surface area (Å²) in [4.78, 5) is 30.4. The Kier molecular flexibility index (Phi) is 7.51. The fourth-order valence-corrected chi connectivity index (χ4v) is 4.88. The Labute approximate surface area is 192 Å². The van der Waals surface area contributed by atoms with Gasteiger partial charge in [0, 0.05) is 39.3 Å². The van der Waals surface area contributed by atoms with Crippen molar-refractivity contribution in [2.24, 2.45) is 0 Å². The maximum atomic E-state index is 12.8. The smallest absolute Gasteiger partial charge is 0.409 e. The van der Waals surface area contributed by atoms with Crippen LogP contribution in [-0.2, 0) is 9.53 Å². The third-order valence-electron chi connectivity index (χ3n) is 5.75. The highest BCUT2D eigenvalue weighted by molar-refractivity contribution is 7.99. The van der Waals surface area contributed by atoms with E-state index in [1.54, 1.807) is 16.7 Å². The number of anilines is 1. The highest BCUT2D eigenvalue weighted by Gasteiger charge is 2.26. The van der Waals surface area contributed by atoms with Crippen LogP contribution < -0.4 is 4.90 Å². The fraction of sp³-hybridized carbons (Fsp3) is 0.545. The maximum absolute atomic E-state index is 12.8. The second-order valence-electron chi connectivity index (χ2n) is 7.86. The van der Waals surface area contributed by atoms with Crippen LogP contribution in [0, 0.1) is 0 Å². The molecular weight excluding hydrogens is 428 g/mol. The van der Waals surface area contributed by atoms with E-state index in [1.807, 2.05) is 30.3 Å². The quantitative estimate of drug-likeness (QED) is 0.616. The van der Waals surface area contributed by atoms with Gasteiger partial charge in [0.25, 0.3) is 0 Å². The number of nitrogens with zero attached hydrogens (tertiary/aromatic N) is 6. The molecule has 32 heavy (non-hydrogen) atoms. The van der Waals surface area contributed by atoms with E-state index in [9.17, 15) is 9.59 Å². The zero-order valence-corrected chi connectivity index (χ0v) is 19.3. The van der Waals surface area contributed by atoms with E-state index in [2.05, 4.69) is 19.7 Å². The number of amides is 2. The molecule has 2 amide bonds. The number of hydrogen-bond acceptors (Lipinski definition) is 7. The molecule has 2 fully saturated rings. The number of rotatable bonds is 6. The number of benzene rings is 1. The number of para-hydroxylation sites is 1. The molecule has 10 heteroatoms. The molecule has 0 unspecified atom stereocenters. The number of hydrogen-bond donors (Lipinski definition) is 0. The molecular formula is C22H30N6O3S. The van der Waals surface area contributed by atoms with Crippen molar-refractivity contribution in [2.45, 2.75) is 31.3 Å². The van der Waals surface area contributed by atoms with Crippen molar-refractivity contribution >= 4 is 29.7 Å². The van der Waals surface area contributed by atoms with E-state index in [0.29, 0.717) is 32.8 Å². The summed E-state index contributed by atoms with van der Waals surface area (Å²) < 4.78 is 7.10. The largest absolute Gasteiger partial charge is 0.450 e. The van der Waals surface area contributed by atoms with Crippen molar-refractivity contribution in [3.63, 3.8) is 0 Å². The van der Waals surface area contributed by atoms with Gasteiger partial charge in [-0.15, -0.1) is 10.2 Å². The lowest BCUT2D eigenvalue weighted by Crippen LogP contribution is -2.51. The molecule has 3 heterocycles. The number of ether oxygens (including phenoxy) is 1. The van der Waals surface area contributed by atoms with E-state index in [4.69, 9.17) is 4.74 Å². The van der Waals surface area contributed by atoms with Gasteiger partial charge in [0.05, 0.1) is 18.0 Å². The first-order chi connectivity index (χ1) is 15.7. The Balaban J connectivity index is 1.41. The Bertz CT molecular complexity index is 908. The Morgan fingerprint density at radius 3 is 2.31 bits per heavy atom. The van der Waals surface area contributed by atoms with Crippen molar-refractivity contribution in [3.8, 4) is 5.69 Å². The van der Waals surface area contributed by atoms with Crippen LogP contribution in [0.5, 0.6) is 0 Å². The number of carbonyl (C=O) groups is 2. The Hall–Kier alpha value is -2.75. The summed E-state index contributed by atoms with van der Waals surface area (Å²) in [5.41, 5.74) is 0.996. The van der Waals surface area contributed by atoms with Gasteiger partial charge in [-0.25, -0.2) is 4.79 Å². The highest BCUT2D eigenvalue weighted by Crippen LogP contribution is 2.28. The lowest BCUT2D eigenvalue weighted by Gasteiger charge is -2.34. The van der Waals surface area contributed by atoms with Crippen molar-refractivity contribution in [3.05, 3.63) is 30.3 Å². The molecule has 0 radical (unpaired) electrons. The third-order valence-corrected chi connectivity index (χ3v) is 6.67. The summed E-state index contributed by atoms with van der Waals surface area (Å²) in [5, 5.41) is 9.64. The first-order valence-corrected chi connectivity index (χ1v) is 12.2. The summed E-state index contributed by atoms with van der Waals surface area (Å²) >= 11 is 1.41. The maximum Gasteiger partial charge on any atom is 0.409 e. The zero-order valence-electron chi connectivity index (χ0n) is 18.5. The van der Waals surface area contributed by atoms with Crippen molar-refractivity contribution in [1.82, 2.24) is 24.6 Å². The van der Waals surface area contributed by atoms with Gasteiger partial charge in [0.1, 0.15) is 0 Å². The van der Waals surface area contributed by atoms with Gasteiger partial charge in [0.2, 0.25) is 11.9 Å². The van der Waals surface area contributed by atoms with Crippen LogP contribution in [0.3, 0.4) is 0 Å². The molecule has 0 saturated carbocycles. The SMILES string of the molecule is CCOC(=O)N1CCN(C(=O)CSc2nnc(N3CCCCC3)n2-c2ccccc2)CC1. The van der Waals surface area contributed by atoms with Crippen LogP contribution in [-0.4, -0.2) is 88.2 Å². The van der Waals surface area contributed by atoms with E-state index in [0.717, 1.165) is 42.7 Å². The van der Waals surface area contributed by atoms with Gasteiger partial charge in [0.15, 0.2) is 5.16 Å². The monoisotopic (exact) mass is 458 g/mol. The normalized spacial score (nSPS) is 16.8. The van der Waals surface area contributed by atoms with Crippen LogP contribution in [0.1, 0.15) is 26.2 Å². The highest BCUT2D eigenvalue weighted by atomic mass is 32.2. The molecule has 0 atom stereocenters. The summed E-state index contributed by atoms with van der Waals surface area (Å²) in [5.74, 6) is 1.17. The van der Waals surface area contributed by atoms with Crippen LogP contribution in [0.2, 0.25) is 0 Å². The third kappa shape index (κ3) is 5.17. The van der Waals surface area contributed by atoms with E-state index < -0.39 is 0 Å². The van der Waals surface area contributed by atoms with Gasteiger partial charge in [-0.1, -0.05) is 30.0 Å². The molecule has 172 valence electrons. The van der Waals surface area contributed by atoms with Gasteiger partial charge in [-0.05, 0) is 38.3 Å². The minimum atomic E-state index is -0.310. The van der Waals surface area contributed by atoms with Crippen molar-refractivity contribution in [2.75, 3.05) is 56.5 Å². The minimum absolute atomic E-state index is 0.0423. The summed E-state index contributed by atoms with van der Waals surface area (Å²) in [7, 11) is 0. The number of piperazine rings is 1. The summed E-state index contributed by atoms with van der Waals surface area (Å²) in [6.45, 7) is 6.11. The molecule has 4 rings (SSSR count). The first-order valence-electron chi connectivity index (χ1n) is 11.3. The Morgan fingerprint density at radius 2 is 1.62 bits per heavy atom. The van der Waals surface area contributed by atoms with E-state index in [-0.39, 0.29) is 17.8 Å². The molecule has 2 aliphatic heterocycles. The van der Waals surface area contributed by atoms with Crippen LogP contribution in [0.25, 0.3) is 5.69 Å². The second-order valence-corrected chi connectivity index (χ2v) is 8.80. The zero-order chi connectivity index (χ0) is 22.3. The molecule has 0 bridgehead atoms. The number of aromatic nitrogens is 3. The standard InChI is InChI=1S/C22H30N6O3S/c1-2-31-22(30)27-15-13-25(14-16-27)19(29)17-32-21-24-23-20(26-11-7-4-8-12-26)28(21)18-9-5-3-6-10-18/h3,5-6,9-10H,2,4,7-8,11-17H2,1H3. The molecule has 9 nitrogen and oxygen atoms in total. The fourth-order valence-electron chi connectivity index (χ4n) is 4.03. The second kappa shape index (κ2) is 10.7. The molecule has 2 saturated heterocycles. The lowest BCUT2D eigenvalue weighted by molar-refractivity contribution is -0.129. The summed E-state index contributed by atoms with van der Waals surface area (Å²) in [6, 6.07) is 10.1. The average Bonchev–Trinajstić information content (AvgIpc) is 3.28. The van der Waals surface area contributed by atoms with E-state index in [1.165, 1.54) is 18.2 Å². The van der Waals surface area contributed by atoms with Gasteiger partial charge >= 0.3 is 6.09 Å². The summed E-state index contributed by atoms with van der Waals surface area (Å²) in [6.07, 6.45) is 3.24. The predicted octanol–water partition coefficient (Wildman–Crippen LogP) is 2.65. The molecule has 2 aliphatic rings. The topological polar surface area (TPSA) is 83.8 Å². The van der Waals surface area contributed by atoms with Crippen LogP contribution in [0.4, 0.5) is 10.7 Å². The predicted molar refractivity (Wildman–Crippen MR) is 123 cm³/mol. The molecule has 1 aromatic carbocycles. The molecule has 1 aromatic heterocycles. The Morgan fingerprint density at radius 1 is 0.938 bits per heavy atom. The van der Waals surface area contributed by atoms with Gasteiger partial charge in [-0.2, -0.15) is 0 Å². The number of thioether (sulfide) groups is 1. The number of carbonyl (C=O) groups excluding carboxylic acids is 2. The number of piperidine rings is 1. The van der Waals surface area contributed by atoms with Crippen molar-refractivity contribution < 1.29 is 14.3 Å². The van der Waals surface area contributed by atoms with Crippen molar-refractivity contribution in [1.29, 1.82) is 0 Å². The van der Waals surface area contributed by atoms with Gasteiger partial charge in [-0.3, -0.25) is 9.36 Å². The van der Waals surface area contributed by atoms with E-state index >= 15 is 0 Å². The lowest BCUT2D eigenvalue weighted by atomic mass is 10.1. The molecule has 0 N–H and O–H groups in total. The average molecular weight is 459 g/mol. The first kappa shape index (κ1) is 22.4. The van der Waals surface area contributed by atoms with Gasteiger partial charge < -0.3 is 19.4 Å². The van der Waals surface area contributed by atoms with Crippen LogP contribution >= 0.6 is 11.8 Å². The minimum Gasteiger partial charge on any atom is -0.450 e. The molecule has 0 spiro atoms. The van der Waals surface area contributed by atoms with Crippen LogP contribution in [0.15, 0.2) is 35.5 Å². The molecule has 2 aromatic rings. The molecule has 0 aliphatic carbocycles.